The van der Waals surface area contributed by atoms with E-state index in [-0.39, 0.29) is 18.2 Å². The summed E-state index contributed by atoms with van der Waals surface area (Å²) in [6.45, 7) is 6.74. The van der Waals surface area contributed by atoms with Crippen LogP contribution in [0.4, 0.5) is 0 Å². The van der Waals surface area contributed by atoms with Gasteiger partial charge in [-0.15, -0.1) is 0 Å². The van der Waals surface area contributed by atoms with Gasteiger partial charge in [0.05, 0.1) is 20.1 Å². The Morgan fingerprint density at radius 3 is 1.79 bits per heavy atom. The van der Waals surface area contributed by atoms with Crippen LogP contribution in [0.2, 0.25) is 0 Å². The van der Waals surface area contributed by atoms with E-state index in [2.05, 4.69) is 20.1 Å². The minimum atomic E-state index is -1.000. The predicted molar refractivity (Wildman–Crippen MR) is 86.8 cm³/mol. The highest BCUT2D eigenvalue weighted by Gasteiger charge is 2.30. The normalized spacial score (nSPS) is 14.3. The van der Waals surface area contributed by atoms with Crippen molar-refractivity contribution in [3.8, 4) is 0 Å². The van der Waals surface area contributed by atoms with Crippen molar-refractivity contribution in [3.05, 3.63) is 0 Å². The molecule has 0 unspecified atom stereocenters. The molecule has 0 bridgehead atoms. The van der Waals surface area contributed by atoms with Crippen LogP contribution >= 0.6 is 0 Å². The molecule has 3 atom stereocenters. The lowest BCUT2D eigenvalue weighted by molar-refractivity contribution is -0.149. The molecule has 0 radical (unpaired) electrons. The highest BCUT2D eigenvalue weighted by molar-refractivity contribution is 5.90. The molecular weight excluding hydrogens is 316 g/mol. The van der Waals surface area contributed by atoms with Crippen LogP contribution < -0.4 is 10.6 Å². The Morgan fingerprint density at radius 1 is 0.833 bits per heavy atom. The zero-order valence-corrected chi connectivity index (χ0v) is 15.2. The molecule has 0 saturated heterocycles. The van der Waals surface area contributed by atoms with Crippen LogP contribution in [0.5, 0.6) is 0 Å². The summed E-state index contributed by atoms with van der Waals surface area (Å²) < 4.78 is 9.30. The maximum Gasteiger partial charge on any atom is 0.328 e. The highest BCUT2D eigenvalue weighted by atomic mass is 16.5. The molecular formula is C16H28N2O6. The van der Waals surface area contributed by atoms with Crippen LogP contribution in [-0.2, 0) is 28.7 Å². The fourth-order valence-corrected chi connectivity index (χ4v) is 2.23. The van der Waals surface area contributed by atoms with Crippen LogP contribution in [-0.4, -0.2) is 50.1 Å². The molecule has 24 heavy (non-hydrogen) atoms. The number of hydrogen-bond acceptors (Lipinski definition) is 6. The number of ether oxygens (including phenoxy) is 2. The molecule has 0 aromatic heterocycles. The average Bonchev–Trinajstić information content (AvgIpc) is 2.50. The largest absolute Gasteiger partial charge is 0.469 e. The number of carbonyl (C=O) groups excluding carboxylic acids is 4. The molecule has 0 aromatic rings. The van der Waals surface area contributed by atoms with Gasteiger partial charge in [0.2, 0.25) is 11.8 Å². The van der Waals surface area contributed by atoms with Gasteiger partial charge in [-0.3, -0.25) is 14.4 Å². The molecule has 8 nitrogen and oxygen atoms in total. The third kappa shape index (κ3) is 7.94. The van der Waals surface area contributed by atoms with Gasteiger partial charge in [0.1, 0.15) is 12.1 Å². The number of nitrogens with one attached hydrogen (secondary N) is 2. The molecule has 0 spiro atoms. The predicted octanol–water partition coefficient (Wildman–Crippen LogP) is 0.394. The van der Waals surface area contributed by atoms with E-state index < -0.39 is 35.8 Å². The molecule has 2 N–H and O–H groups in total. The van der Waals surface area contributed by atoms with Gasteiger partial charge in [0.15, 0.2) is 0 Å². The Labute approximate surface area is 142 Å². The van der Waals surface area contributed by atoms with Gasteiger partial charge in [-0.25, -0.2) is 4.79 Å². The van der Waals surface area contributed by atoms with Gasteiger partial charge < -0.3 is 20.1 Å². The van der Waals surface area contributed by atoms with Gasteiger partial charge >= 0.3 is 11.9 Å². The average molecular weight is 344 g/mol. The number of hydrogen-bond donors (Lipinski definition) is 2. The second kappa shape index (κ2) is 10.6. The minimum Gasteiger partial charge on any atom is -0.469 e. The molecule has 0 aromatic carbocycles. The zero-order chi connectivity index (χ0) is 18.9. The number of rotatable bonds is 9. The molecule has 2 amide bonds. The minimum absolute atomic E-state index is 0.0412. The molecule has 0 aliphatic rings. The van der Waals surface area contributed by atoms with Gasteiger partial charge in [-0.05, 0) is 18.8 Å². The monoisotopic (exact) mass is 344 g/mol. The van der Waals surface area contributed by atoms with Crippen molar-refractivity contribution in [2.45, 2.75) is 52.6 Å². The van der Waals surface area contributed by atoms with E-state index in [1.807, 2.05) is 13.8 Å². The van der Waals surface area contributed by atoms with Gasteiger partial charge in [0.25, 0.3) is 0 Å². The summed E-state index contributed by atoms with van der Waals surface area (Å²) in [5.74, 6) is -2.41. The summed E-state index contributed by atoms with van der Waals surface area (Å²) in [6.07, 6.45) is 0.464. The van der Waals surface area contributed by atoms with Crippen molar-refractivity contribution in [1.82, 2.24) is 10.6 Å². The van der Waals surface area contributed by atoms with Crippen molar-refractivity contribution in [2.75, 3.05) is 14.2 Å². The summed E-state index contributed by atoms with van der Waals surface area (Å²) in [4.78, 5) is 47.1. The Kier molecular flexibility index (Phi) is 9.68. The second-order valence-electron chi connectivity index (χ2n) is 6.13. The molecule has 138 valence electrons. The van der Waals surface area contributed by atoms with Crippen LogP contribution in [0.1, 0.15) is 40.5 Å². The van der Waals surface area contributed by atoms with Crippen molar-refractivity contribution >= 4 is 23.8 Å². The van der Waals surface area contributed by atoms with Gasteiger partial charge in [0, 0.05) is 6.92 Å². The lowest BCUT2D eigenvalue weighted by Crippen LogP contribution is -2.52. The quantitative estimate of drug-likeness (QED) is 0.586. The van der Waals surface area contributed by atoms with Crippen molar-refractivity contribution in [2.24, 2.45) is 11.8 Å². The second-order valence-corrected chi connectivity index (χ2v) is 6.13. The van der Waals surface area contributed by atoms with Crippen molar-refractivity contribution < 1.29 is 28.7 Å². The first-order valence-corrected chi connectivity index (χ1v) is 7.85. The molecule has 0 rings (SSSR count). The van der Waals surface area contributed by atoms with Crippen molar-refractivity contribution in [1.29, 1.82) is 0 Å². The van der Waals surface area contributed by atoms with Crippen molar-refractivity contribution in [3.63, 3.8) is 0 Å². The topological polar surface area (TPSA) is 111 Å². The van der Waals surface area contributed by atoms with Crippen LogP contribution in [0, 0.1) is 11.8 Å². The summed E-state index contributed by atoms with van der Waals surface area (Å²) in [5.41, 5.74) is 0. The van der Waals surface area contributed by atoms with E-state index in [1.54, 1.807) is 6.92 Å². The summed E-state index contributed by atoms with van der Waals surface area (Å²) in [7, 11) is 2.45. The summed E-state index contributed by atoms with van der Waals surface area (Å²) >= 11 is 0. The highest BCUT2D eigenvalue weighted by Crippen LogP contribution is 2.11. The van der Waals surface area contributed by atoms with Crippen LogP contribution in [0.15, 0.2) is 0 Å². The van der Waals surface area contributed by atoms with E-state index in [0.717, 1.165) is 0 Å². The van der Waals surface area contributed by atoms with E-state index in [0.29, 0.717) is 6.42 Å². The third-order valence-corrected chi connectivity index (χ3v) is 3.40. The van der Waals surface area contributed by atoms with Gasteiger partial charge in [-0.2, -0.15) is 0 Å². The first-order chi connectivity index (χ1) is 11.1. The zero-order valence-electron chi connectivity index (χ0n) is 15.2. The first-order valence-electron chi connectivity index (χ1n) is 7.85. The Hall–Kier alpha value is -2.12. The van der Waals surface area contributed by atoms with Crippen LogP contribution in [0.3, 0.4) is 0 Å². The Morgan fingerprint density at radius 2 is 1.38 bits per heavy atom. The standard InChI is InChI=1S/C16H28N2O6/c1-9(2)7-12(17-11(4)19)14(20)18-13(16(22)24-6)8-10(3)15(21)23-5/h9-10,12-13H,7-8H2,1-6H3,(H,17,19)(H,18,20)/t10-,12+,13+/m1/s1. The summed E-state index contributed by atoms with van der Waals surface area (Å²) in [5, 5.41) is 5.12. The van der Waals surface area contributed by atoms with Crippen LogP contribution in [0.25, 0.3) is 0 Å². The lowest BCUT2D eigenvalue weighted by atomic mass is 9.99. The number of methoxy groups -OCH3 is 2. The number of esters is 2. The third-order valence-electron chi connectivity index (χ3n) is 3.40. The first kappa shape index (κ1) is 21.9. The fourth-order valence-electron chi connectivity index (χ4n) is 2.23. The molecule has 0 aliphatic carbocycles. The number of carbonyl (C=O) groups is 4. The summed E-state index contributed by atoms with van der Waals surface area (Å²) in [6, 6.07) is -1.76. The maximum atomic E-state index is 12.4. The Bertz CT molecular complexity index is 463. The molecule has 0 aliphatic heterocycles. The van der Waals surface area contributed by atoms with Gasteiger partial charge in [-0.1, -0.05) is 20.8 Å². The van der Waals surface area contributed by atoms with E-state index in [9.17, 15) is 19.2 Å². The molecule has 8 heteroatoms. The maximum absolute atomic E-state index is 12.4. The van der Waals surface area contributed by atoms with E-state index in [1.165, 1.54) is 21.1 Å². The van der Waals surface area contributed by atoms with E-state index >= 15 is 0 Å². The molecule has 0 fully saturated rings. The SMILES string of the molecule is COC(=O)[C@H](C)C[C@H](NC(=O)[C@H](CC(C)C)NC(C)=O)C(=O)OC. The fraction of sp³-hybridized carbons (Fsp3) is 0.750. The smallest absolute Gasteiger partial charge is 0.328 e. The van der Waals surface area contributed by atoms with E-state index in [4.69, 9.17) is 0 Å². The molecule has 0 saturated carbocycles. The lowest BCUT2D eigenvalue weighted by Gasteiger charge is -2.24. The molecule has 0 heterocycles. The Balaban J connectivity index is 5.08. The number of amides is 2.